The standard InChI is InChI=1S/C22H29N3O2/c1-16-10-12-25(13-11-16)20(19-7-5-4-6-17(19)2)14-23-22(27)18-8-9-21(26)24(3)15-18/h4-9,15-16,20H,10-14H2,1-3H3,(H,23,27). The van der Waals surface area contributed by atoms with E-state index in [9.17, 15) is 9.59 Å². The zero-order valence-corrected chi connectivity index (χ0v) is 16.4. The lowest BCUT2D eigenvalue weighted by atomic mass is 9.94. The topological polar surface area (TPSA) is 54.3 Å². The van der Waals surface area contributed by atoms with Crippen LogP contribution >= 0.6 is 0 Å². The highest BCUT2D eigenvalue weighted by Crippen LogP contribution is 2.28. The molecule has 1 aromatic carbocycles. The number of nitrogens with one attached hydrogen (secondary N) is 1. The summed E-state index contributed by atoms with van der Waals surface area (Å²) in [6.07, 6.45) is 3.97. The Labute approximate surface area is 161 Å². The summed E-state index contributed by atoms with van der Waals surface area (Å²) < 4.78 is 1.43. The van der Waals surface area contributed by atoms with Gasteiger partial charge in [0, 0.05) is 25.9 Å². The van der Waals surface area contributed by atoms with E-state index in [0.29, 0.717) is 12.1 Å². The maximum atomic E-state index is 12.6. The zero-order chi connectivity index (χ0) is 19.4. The first-order valence-electron chi connectivity index (χ1n) is 9.70. The van der Waals surface area contributed by atoms with Gasteiger partial charge in [0.25, 0.3) is 5.91 Å². The summed E-state index contributed by atoms with van der Waals surface area (Å²) in [5.74, 6) is 0.619. The number of carbonyl (C=O) groups excluding carboxylic acids is 1. The first-order chi connectivity index (χ1) is 13.0. The van der Waals surface area contributed by atoms with Crippen LogP contribution in [0.25, 0.3) is 0 Å². The molecule has 1 atom stereocenters. The number of piperidine rings is 1. The lowest BCUT2D eigenvalue weighted by Crippen LogP contribution is -2.42. The average molecular weight is 367 g/mol. The molecule has 1 N–H and O–H groups in total. The molecule has 0 bridgehead atoms. The van der Waals surface area contributed by atoms with E-state index in [4.69, 9.17) is 0 Å². The molecule has 0 radical (unpaired) electrons. The first-order valence-corrected chi connectivity index (χ1v) is 9.70. The summed E-state index contributed by atoms with van der Waals surface area (Å²) in [4.78, 5) is 26.6. The Kier molecular flexibility index (Phi) is 6.11. The van der Waals surface area contributed by atoms with Crippen molar-refractivity contribution in [2.45, 2.75) is 32.7 Å². The van der Waals surface area contributed by atoms with Crippen LogP contribution in [0.2, 0.25) is 0 Å². The fourth-order valence-corrected chi connectivity index (χ4v) is 3.76. The van der Waals surface area contributed by atoms with Gasteiger partial charge in [-0.15, -0.1) is 0 Å². The molecule has 27 heavy (non-hydrogen) atoms. The molecule has 1 fully saturated rings. The monoisotopic (exact) mass is 367 g/mol. The van der Waals surface area contributed by atoms with Crippen LogP contribution in [0.15, 0.2) is 47.4 Å². The number of amides is 1. The van der Waals surface area contributed by atoms with Gasteiger partial charge in [0.1, 0.15) is 0 Å². The number of nitrogens with zero attached hydrogens (tertiary/aromatic N) is 2. The number of aromatic nitrogens is 1. The molecule has 0 saturated carbocycles. The highest BCUT2D eigenvalue weighted by molar-refractivity contribution is 5.93. The SMILES string of the molecule is Cc1ccccc1C(CNC(=O)c1ccc(=O)n(C)c1)N1CCC(C)CC1. The summed E-state index contributed by atoms with van der Waals surface area (Å²) in [6.45, 7) is 7.10. The number of rotatable bonds is 5. The van der Waals surface area contributed by atoms with Crippen LogP contribution in [0.5, 0.6) is 0 Å². The van der Waals surface area contributed by atoms with Crippen LogP contribution in [0.3, 0.4) is 0 Å². The molecule has 1 saturated heterocycles. The molecule has 1 aromatic heterocycles. The Morgan fingerprint density at radius 1 is 1.19 bits per heavy atom. The molecule has 1 aliphatic rings. The molecule has 144 valence electrons. The van der Waals surface area contributed by atoms with Gasteiger partial charge in [0.15, 0.2) is 0 Å². The van der Waals surface area contributed by atoms with Gasteiger partial charge in [-0.25, -0.2) is 0 Å². The highest BCUT2D eigenvalue weighted by atomic mass is 16.2. The molecule has 0 spiro atoms. The first kappa shape index (κ1) is 19.4. The number of pyridine rings is 1. The molecule has 1 unspecified atom stereocenters. The maximum absolute atomic E-state index is 12.6. The Hall–Kier alpha value is -2.40. The molecule has 1 aliphatic heterocycles. The minimum atomic E-state index is -0.144. The van der Waals surface area contributed by atoms with Gasteiger partial charge in [-0.3, -0.25) is 14.5 Å². The lowest BCUT2D eigenvalue weighted by molar-refractivity contribution is 0.0912. The van der Waals surface area contributed by atoms with Crippen LogP contribution in [-0.4, -0.2) is 35.0 Å². The van der Waals surface area contributed by atoms with Crippen LogP contribution in [0.4, 0.5) is 0 Å². The summed E-state index contributed by atoms with van der Waals surface area (Å²) in [5, 5.41) is 3.08. The molecule has 5 heteroatoms. The van der Waals surface area contributed by atoms with Crippen molar-refractivity contribution in [3.05, 3.63) is 69.6 Å². The highest BCUT2D eigenvalue weighted by Gasteiger charge is 2.26. The minimum Gasteiger partial charge on any atom is -0.350 e. The molecule has 1 amide bonds. The Balaban J connectivity index is 1.77. The Morgan fingerprint density at radius 2 is 1.89 bits per heavy atom. The van der Waals surface area contributed by atoms with E-state index in [1.165, 1.54) is 34.6 Å². The summed E-state index contributed by atoms with van der Waals surface area (Å²) in [7, 11) is 1.66. The van der Waals surface area contributed by atoms with Crippen molar-refractivity contribution in [2.75, 3.05) is 19.6 Å². The van der Waals surface area contributed by atoms with E-state index in [1.54, 1.807) is 19.3 Å². The largest absolute Gasteiger partial charge is 0.350 e. The number of aryl methyl sites for hydroxylation is 2. The maximum Gasteiger partial charge on any atom is 0.252 e. The third-order valence-corrected chi connectivity index (χ3v) is 5.61. The third-order valence-electron chi connectivity index (χ3n) is 5.61. The van der Waals surface area contributed by atoms with Crippen molar-refractivity contribution in [1.82, 2.24) is 14.8 Å². The summed E-state index contributed by atoms with van der Waals surface area (Å²) in [6, 6.07) is 11.6. The minimum absolute atomic E-state index is 0.119. The van der Waals surface area contributed by atoms with E-state index < -0.39 is 0 Å². The normalized spacial score (nSPS) is 16.9. The van der Waals surface area contributed by atoms with E-state index in [1.807, 2.05) is 0 Å². The molecule has 0 aliphatic carbocycles. The Morgan fingerprint density at radius 3 is 2.56 bits per heavy atom. The number of hydrogen-bond acceptors (Lipinski definition) is 3. The fraction of sp³-hybridized carbons (Fsp3) is 0.455. The van der Waals surface area contributed by atoms with Gasteiger partial charge in [-0.1, -0.05) is 31.2 Å². The molecular weight excluding hydrogens is 338 g/mol. The summed E-state index contributed by atoms with van der Waals surface area (Å²) in [5.41, 5.74) is 2.91. The van der Waals surface area contributed by atoms with Crippen molar-refractivity contribution >= 4 is 5.91 Å². The van der Waals surface area contributed by atoms with E-state index in [0.717, 1.165) is 19.0 Å². The quantitative estimate of drug-likeness (QED) is 0.884. The second kappa shape index (κ2) is 8.53. The molecule has 5 nitrogen and oxygen atoms in total. The van der Waals surface area contributed by atoms with Crippen molar-refractivity contribution in [3.63, 3.8) is 0 Å². The number of carbonyl (C=O) groups is 1. The smallest absolute Gasteiger partial charge is 0.252 e. The zero-order valence-electron chi connectivity index (χ0n) is 16.4. The fourth-order valence-electron chi connectivity index (χ4n) is 3.76. The van der Waals surface area contributed by atoms with E-state index in [-0.39, 0.29) is 17.5 Å². The van der Waals surface area contributed by atoms with E-state index >= 15 is 0 Å². The predicted molar refractivity (Wildman–Crippen MR) is 108 cm³/mol. The molecule has 2 heterocycles. The van der Waals surface area contributed by atoms with Gasteiger partial charge in [0.2, 0.25) is 5.56 Å². The molecule has 2 aromatic rings. The van der Waals surface area contributed by atoms with Crippen LogP contribution in [-0.2, 0) is 7.05 Å². The van der Waals surface area contributed by atoms with E-state index in [2.05, 4.69) is 48.3 Å². The Bertz CT molecular complexity index is 851. The second-order valence-corrected chi connectivity index (χ2v) is 7.67. The number of likely N-dealkylation sites (tertiary alicyclic amines) is 1. The van der Waals surface area contributed by atoms with Gasteiger partial charge in [0.05, 0.1) is 11.6 Å². The van der Waals surface area contributed by atoms with Crippen LogP contribution in [0.1, 0.15) is 47.3 Å². The van der Waals surface area contributed by atoms with Gasteiger partial charge in [-0.2, -0.15) is 0 Å². The third kappa shape index (κ3) is 4.66. The van der Waals surface area contributed by atoms with Crippen LogP contribution in [0, 0.1) is 12.8 Å². The van der Waals surface area contributed by atoms with Gasteiger partial charge < -0.3 is 9.88 Å². The molecule has 3 rings (SSSR count). The summed E-state index contributed by atoms with van der Waals surface area (Å²) >= 11 is 0. The number of benzene rings is 1. The van der Waals surface area contributed by atoms with Crippen LogP contribution < -0.4 is 10.9 Å². The van der Waals surface area contributed by atoms with Crippen molar-refractivity contribution in [2.24, 2.45) is 13.0 Å². The lowest BCUT2D eigenvalue weighted by Gasteiger charge is -2.37. The van der Waals surface area contributed by atoms with Crippen molar-refractivity contribution in [1.29, 1.82) is 0 Å². The number of hydrogen-bond donors (Lipinski definition) is 1. The molecular formula is C22H29N3O2. The second-order valence-electron chi connectivity index (χ2n) is 7.67. The van der Waals surface area contributed by atoms with Crippen molar-refractivity contribution < 1.29 is 4.79 Å². The average Bonchev–Trinajstić information content (AvgIpc) is 2.66. The predicted octanol–water partition coefficient (Wildman–Crippen LogP) is 2.90. The van der Waals surface area contributed by atoms with Gasteiger partial charge in [-0.05, 0) is 56.0 Å². The van der Waals surface area contributed by atoms with Gasteiger partial charge >= 0.3 is 0 Å². The van der Waals surface area contributed by atoms with Crippen molar-refractivity contribution in [3.8, 4) is 0 Å².